The number of rotatable bonds is 3. The summed E-state index contributed by atoms with van der Waals surface area (Å²) in [6, 6.07) is 0. The highest BCUT2D eigenvalue weighted by Crippen LogP contribution is 2.65. The molecule has 24 atom stereocenters. The average Bonchev–Trinajstić information content (AvgIpc) is 4.05. The van der Waals surface area contributed by atoms with Gasteiger partial charge < -0.3 is 14.7 Å². The summed E-state index contributed by atoms with van der Waals surface area (Å²) >= 11 is 0. The lowest BCUT2D eigenvalue weighted by Crippen LogP contribution is -2.38. The number of aldehydes is 2. The number of allylic oxidation sites excluding steroid dienone is 1. The Morgan fingerprint density at radius 1 is 0.567 bits per heavy atom. The van der Waals surface area contributed by atoms with Crippen LogP contribution in [0.15, 0.2) is 12.2 Å². The fourth-order valence-electron chi connectivity index (χ4n) is 21.5. The molecule has 0 aromatic heterocycles. The molecule has 0 heterocycles. The van der Waals surface area contributed by atoms with E-state index in [1.54, 1.807) is 12.0 Å². The summed E-state index contributed by atoms with van der Waals surface area (Å²) in [7, 11) is 0. The van der Waals surface area contributed by atoms with Crippen LogP contribution < -0.4 is 0 Å². The minimum Gasteiger partial charge on any atom is -0.390 e. The van der Waals surface area contributed by atoms with Crippen molar-refractivity contribution in [3.63, 3.8) is 0 Å². The second-order valence-electron chi connectivity index (χ2n) is 25.4. The van der Waals surface area contributed by atoms with Gasteiger partial charge in [0.15, 0.2) is 0 Å². The van der Waals surface area contributed by atoms with E-state index in [1.807, 2.05) is 0 Å². The molecule has 0 amide bonds. The highest BCUT2D eigenvalue weighted by molar-refractivity contribution is 5.85. The van der Waals surface area contributed by atoms with E-state index >= 15 is 0 Å². The largest absolute Gasteiger partial charge is 0.390 e. The molecular formula is C56H84O4. The van der Waals surface area contributed by atoms with Crippen molar-refractivity contribution in [1.82, 2.24) is 0 Å². The van der Waals surface area contributed by atoms with Crippen LogP contribution in [0.25, 0.3) is 0 Å². The van der Waals surface area contributed by atoms with Gasteiger partial charge in [-0.2, -0.15) is 0 Å². The van der Waals surface area contributed by atoms with Crippen LogP contribution in [-0.2, 0) is 14.4 Å². The molecule has 0 aromatic rings. The molecule has 4 nitrogen and oxygen atoms in total. The highest BCUT2D eigenvalue weighted by atomic mass is 16.3. The maximum atomic E-state index is 11.4. The van der Waals surface area contributed by atoms with Crippen LogP contribution in [0.4, 0.5) is 0 Å². The smallest absolute Gasteiger partial charge is 0.136 e. The minimum absolute atomic E-state index is 0.295. The molecular weight excluding hydrogens is 737 g/mol. The Hall–Kier alpha value is -1.29. The molecule has 15 aliphatic rings. The monoisotopic (exact) mass is 821 g/mol. The normalized spacial score (nSPS) is 56.1. The van der Waals surface area contributed by atoms with Gasteiger partial charge in [-0.3, -0.25) is 4.79 Å². The Balaban J connectivity index is 0.0000000852. The van der Waals surface area contributed by atoms with Gasteiger partial charge in [0, 0.05) is 24.7 Å². The Labute approximate surface area is 364 Å². The van der Waals surface area contributed by atoms with Gasteiger partial charge in [-0.05, 0) is 247 Å². The molecule has 10 bridgehead atoms. The first-order chi connectivity index (χ1) is 29.1. The van der Waals surface area contributed by atoms with Gasteiger partial charge in [0.25, 0.3) is 0 Å². The van der Waals surface area contributed by atoms with Crippen LogP contribution in [0.1, 0.15) is 174 Å². The summed E-state index contributed by atoms with van der Waals surface area (Å²) in [5.41, 5.74) is 1.30. The lowest BCUT2D eigenvalue weighted by molar-refractivity contribution is -0.124. The quantitative estimate of drug-likeness (QED) is 0.227. The molecule has 0 spiro atoms. The third-order valence-electron chi connectivity index (χ3n) is 23.5. The highest BCUT2D eigenvalue weighted by Gasteiger charge is 2.59. The van der Waals surface area contributed by atoms with Gasteiger partial charge in [-0.25, -0.2) is 0 Å². The van der Waals surface area contributed by atoms with Crippen LogP contribution in [0.5, 0.6) is 0 Å². The van der Waals surface area contributed by atoms with Gasteiger partial charge in [0.05, 0.1) is 5.60 Å². The minimum atomic E-state index is -0.295. The number of hydrogen-bond acceptors (Lipinski definition) is 4. The number of aliphatic hydroxyl groups is 1. The first kappa shape index (κ1) is 41.4. The number of ketones is 1. The summed E-state index contributed by atoms with van der Waals surface area (Å²) in [5, 5.41) is 10.1. The van der Waals surface area contributed by atoms with Crippen molar-refractivity contribution in [3.8, 4) is 0 Å². The summed E-state index contributed by atoms with van der Waals surface area (Å²) in [6.45, 7) is 8.56. The maximum absolute atomic E-state index is 11.4. The Bertz CT molecular complexity index is 1580. The number of carbonyl (C=O) groups excluding carboxylic acids is 3. The summed E-state index contributed by atoms with van der Waals surface area (Å²) in [5.74, 6) is 21.1. The Kier molecular flexibility index (Phi) is 11.3. The first-order valence-electron chi connectivity index (χ1n) is 26.9. The SMILES string of the molecule is C=C1CC2CC1C1CCCC21.CC1(O)CC2CC1C1CCCC21.CC1C(C=O)C2CC1C1CCCC21.O=C1CC2CC1C1CCCC21.O=CCC1CC2CC1C1CCCC21. The lowest BCUT2D eigenvalue weighted by Gasteiger charge is -2.36. The topological polar surface area (TPSA) is 71.4 Å². The van der Waals surface area contributed by atoms with E-state index < -0.39 is 0 Å². The van der Waals surface area contributed by atoms with E-state index in [1.165, 1.54) is 141 Å². The predicted octanol–water partition coefficient (Wildman–Crippen LogP) is 12.4. The Morgan fingerprint density at radius 2 is 1.10 bits per heavy atom. The summed E-state index contributed by atoms with van der Waals surface area (Å²) in [6.07, 6.45) is 36.8. The lowest BCUT2D eigenvalue weighted by atomic mass is 9.71. The molecule has 15 saturated carbocycles. The average molecular weight is 821 g/mol. The third-order valence-corrected chi connectivity index (χ3v) is 23.5. The molecule has 332 valence electrons. The molecule has 15 rings (SSSR count). The fraction of sp³-hybridized carbons (Fsp3) is 0.911. The molecule has 0 saturated heterocycles. The van der Waals surface area contributed by atoms with E-state index in [9.17, 15) is 19.5 Å². The van der Waals surface area contributed by atoms with Gasteiger partial charge in [0.1, 0.15) is 18.4 Å². The molecule has 0 radical (unpaired) electrons. The van der Waals surface area contributed by atoms with Crippen molar-refractivity contribution in [3.05, 3.63) is 12.2 Å². The standard InChI is InChI=1S/2C12H18O.C11H18O.C11H16.C10H14O/c1-7-10-5-11(12(7)6-13)9-4-2-3-8(9)10;13-5-4-8-6-9-7-12(8)11-3-1-2-10(9)11;1-11(12)6-7-5-10(11)9-4-2-3-8(7)9;1-7-5-8-6-11(7)10-4-2-3-9(8)10;11-10-5-6-4-9(10)8-3-1-2-7(6)8/h6-12H,2-5H2,1H3;5,8-12H,1-4,6-7H2;7-10,12H,2-6H2,1H3;8-11H,1-6H2;6-9H,1-5H2. The van der Waals surface area contributed by atoms with Crippen molar-refractivity contribution in [2.24, 2.45) is 136 Å². The van der Waals surface area contributed by atoms with Crippen molar-refractivity contribution >= 4 is 18.4 Å². The van der Waals surface area contributed by atoms with Crippen molar-refractivity contribution in [1.29, 1.82) is 0 Å². The van der Waals surface area contributed by atoms with E-state index in [2.05, 4.69) is 20.4 Å². The van der Waals surface area contributed by atoms with E-state index in [-0.39, 0.29) is 5.60 Å². The second kappa shape index (κ2) is 16.3. The zero-order valence-electron chi connectivity index (χ0n) is 38.0. The van der Waals surface area contributed by atoms with Crippen LogP contribution in [-0.4, -0.2) is 29.1 Å². The van der Waals surface area contributed by atoms with Gasteiger partial charge in [-0.15, -0.1) is 0 Å². The van der Waals surface area contributed by atoms with Crippen molar-refractivity contribution < 1.29 is 19.5 Å². The predicted molar refractivity (Wildman–Crippen MR) is 238 cm³/mol. The number of fused-ring (bicyclic) bond motifs is 25. The first-order valence-corrected chi connectivity index (χ1v) is 26.9. The molecule has 0 aliphatic heterocycles. The van der Waals surface area contributed by atoms with Crippen molar-refractivity contribution in [2.45, 2.75) is 180 Å². The van der Waals surface area contributed by atoms with E-state index in [0.29, 0.717) is 29.5 Å². The van der Waals surface area contributed by atoms with Gasteiger partial charge >= 0.3 is 0 Å². The van der Waals surface area contributed by atoms with Gasteiger partial charge in [-0.1, -0.05) is 51.2 Å². The van der Waals surface area contributed by atoms with E-state index in [0.717, 1.165) is 138 Å². The molecule has 0 aromatic carbocycles. The van der Waals surface area contributed by atoms with Crippen molar-refractivity contribution in [2.75, 3.05) is 0 Å². The molecule has 15 aliphatic carbocycles. The molecule has 1 N–H and O–H groups in total. The molecule has 24 unspecified atom stereocenters. The molecule has 15 fully saturated rings. The third kappa shape index (κ3) is 6.81. The second-order valence-corrected chi connectivity index (χ2v) is 25.4. The summed E-state index contributed by atoms with van der Waals surface area (Å²) in [4.78, 5) is 32.9. The summed E-state index contributed by atoms with van der Waals surface area (Å²) < 4.78 is 0. The van der Waals surface area contributed by atoms with Crippen LogP contribution in [0.2, 0.25) is 0 Å². The van der Waals surface area contributed by atoms with E-state index in [4.69, 9.17) is 0 Å². The fourth-order valence-corrected chi connectivity index (χ4v) is 21.5. The maximum Gasteiger partial charge on any atom is 0.136 e. The number of hydrogen-bond donors (Lipinski definition) is 1. The number of Topliss-reactive ketones (excluding diaryl/α,β-unsaturated/α-hetero) is 1. The molecule has 60 heavy (non-hydrogen) atoms. The van der Waals surface area contributed by atoms with Crippen LogP contribution >= 0.6 is 0 Å². The zero-order valence-corrected chi connectivity index (χ0v) is 38.0. The zero-order chi connectivity index (χ0) is 41.0. The Morgan fingerprint density at radius 3 is 1.77 bits per heavy atom. The van der Waals surface area contributed by atoms with Crippen LogP contribution in [0, 0.1) is 136 Å². The van der Waals surface area contributed by atoms with Crippen LogP contribution in [0.3, 0.4) is 0 Å². The van der Waals surface area contributed by atoms with Gasteiger partial charge in [0.2, 0.25) is 0 Å². The molecule has 4 heteroatoms. The number of carbonyl (C=O) groups is 3.